The maximum absolute atomic E-state index is 3.04. The van der Waals surface area contributed by atoms with Gasteiger partial charge in [0.1, 0.15) is 0 Å². The topological polar surface area (TPSA) is 24.1 Å². The van der Waals surface area contributed by atoms with E-state index in [0.717, 1.165) is 13.1 Å². The second kappa shape index (κ2) is 6.34. The molecule has 0 aromatic carbocycles. The van der Waals surface area contributed by atoms with Gasteiger partial charge in [-0.25, -0.2) is 0 Å². The van der Waals surface area contributed by atoms with Gasteiger partial charge < -0.3 is 10.6 Å². The van der Waals surface area contributed by atoms with Crippen LogP contribution >= 0.6 is 0 Å². The third-order valence-corrected chi connectivity index (χ3v) is 0.733. The zero-order valence-corrected chi connectivity index (χ0v) is 5.57. The van der Waals surface area contributed by atoms with Gasteiger partial charge in [-0.1, -0.05) is 13.8 Å². The molecule has 1 rings (SSSR count). The van der Waals surface area contributed by atoms with Crippen LogP contribution in [0.3, 0.4) is 0 Å². The molecule has 0 aliphatic carbocycles. The molecule has 1 aliphatic rings. The van der Waals surface area contributed by atoms with Gasteiger partial charge in [0.05, 0.1) is 0 Å². The molecule has 48 valence electrons. The number of hydrogen-bond donors (Lipinski definition) is 2. The molecule has 0 amide bonds. The Bertz CT molecular complexity index is 51.5. The standard InChI is InChI=1S/C4H8N2.C2H6/c1-2-6-4-3-5-1;1-2/h1-2,5-6H,3-4H2;1-2H3. The van der Waals surface area contributed by atoms with Gasteiger partial charge in [0, 0.05) is 25.5 Å². The second-order valence-electron chi connectivity index (χ2n) is 1.24. The van der Waals surface area contributed by atoms with Gasteiger partial charge >= 0.3 is 0 Å². The first-order chi connectivity index (χ1) is 4.00. The zero-order valence-electron chi connectivity index (χ0n) is 5.57. The highest BCUT2D eigenvalue weighted by molar-refractivity contribution is 4.81. The number of nitrogens with one attached hydrogen (secondary N) is 2. The van der Waals surface area contributed by atoms with Crippen LogP contribution < -0.4 is 10.6 Å². The Kier molecular flexibility index (Phi) is 5.82. The summed E-state index contributed by atoms with van der Waals surface area (Å²) < 4.78 is 0. The molecule has 0 aromatic rings. The minimum Gasteiger partial charge on any atom is -0.388 e. The third kappa shape index (κ3) is 3.53. The van der Waals surface area contributed by atoms with Crippen molar-refractivity contribution in [1.29, 1.82) is 0 Å². The van der Waals surface area contributed by atoms with Crippen LogP contribution in [0.5, 0.6) is 0 Å². The highest BCUT2D eigenvalue weighted by Crippen LogP contribution is 1.67. The van der Waals surface area contributed by atoms with E-state index in [1.165, 1.54) is 0 Å². The van der Waals surface area contributed by atoms with E-state index in [1.54, 1.807) is 0 Å². The van der Waals surface area contributed by atoms with Crippen LogP contribution in [0.2, 0.25) is 0 Å². The Morgan fingerprint density at radius 1 is 1.00 bits per heavy atom. The molecule has 1 aliphatic heterocycles. The van der Waals surface area contributed by atoms with E-state index in [2.05, 4.69) is 10.6 Å². The van der Waals surface area contributed by atoms with E-state index in [9.17, 15) is 0 Å². The predicted octanol–water partition coefficient (Wildman–Crippen LogP) is 0.677. The van der Waals surface area contributed by atoms with Crippen LogP contribution in [0.4, 0.5) is 0 Å². The van der Waals surface area contributed by atoms with Crippen LogP contribution in [-0.2, 0) is 0 Å². The lowest BCUT2D eigenvalue weighted by Crippen LogP contribution is -2.25. The summed E-state index contributed by atoms with van der Waals surface area (Å²) in [5.41, 5.74) is 0. The third-order valence-electron chi connectivity index (χ3n) is 0.733. The first-order valence-electron chi connectivity index (χ1n) is 3.12. The van der Waals surface area contributed by atoms with Crippen LogP contribution in [-0.4, -0.2) is 13.1 Å². The maximum Gasteiger partial charge on any atom is 0.0315 e. The molecule has 0 unspecified atom stereocenters. The van der Waals surface area contributed by atoms with E-state index < -0.39 is 0 Å². The highest BCUT2D eigenvalue weighted by atomic mass is 15.0. The summed E-state index contributed by atoms with van der Waals surface area (Å²) in [7, 11) is 0. The van der Waals surface area contributed by atoms with Crippen molar-refractivity contribution in [2.24, 2.45) is 0 Å². The average Bonchev–Trinajstić information content (AvgIpc) is 1.96. The fraction of sp³-hybridized carbons (Fsp3) is 0.667. The summed E-state index contributed by atoms with van der Waals surface area (Å²) in [4.78, 5) is 0. The summed E-state index contributed by atoms with van der Waals surface area (Å²) in [6.07, 6.45) is 3.81. The Morgan fingerprint density at radius 2 is 1.38 bits per heavy atom. The van der Waals surface area contributed by atoms with Gasteiger partial charge in [-0.15, -0.1) is 0 Å². The van der Waals surface area contributed by atoms with E-state index in [0.29, 0.717) is 0 Å². The summed E-state index contributed by atoms with van der Waals surface area (Å²) in [6, 6.07) is 0. The van der Waals surface area contributed by atoms with Crippen LogP contribution in [0.15, 0.2) is 12.4 Å². The van der Waals surface area contributed by atoms with Crippen molar-refractivity contribution in [1.82, 2.24) is 10.6 Å². The van der Waals surface area contributed by atoms with Crippen molar-refractivity contribution in [2.45, 2.75) is 13.8 Å². The van der Waals surface area contributed by atoms with Crippen LogP contribution in [0, 0.1) is 0 Å². The Balaban J connectivity index is 0.000000222. The van der Waals surface area contributed by atoms with Crippen molar-refractivity contribution in [3.63, 3.8) is 0 Å². The highest BCUT2D eigenvalue weighted by Gasteiger charge is 1.81. The summed E-state index contributed by atoms with van der Waals surface area (Å²) in [5.74, 6) is 0. The Hall–Kier alpha value is -0.660. The quantitative estimate of drug-likeness (QED) is 0.484. The molecular formula is C6H14N2. The zero-order chi connectivity index (χ0) is 6.24. The molecular weight excluding hydrogens is 100 g/mol. The van der Waals surface area contributed by atoms with Crippen LogP contribution in [0.1, 0.15) is 13.8 Å². The predicted molar refractivity (Wildman–Crippen MR) is 36.5 cm³/mol. The molecule has 2 nitrogen and oxygen atoms in total. The van der Waals surface area contributed by atoms with E-state index in [4.69, 9.17) is 0 Å². The fourth-order valence-corrected chi connectivity index (χ4v) is 0.429. The monoisotopic (exact) mass is 114 g/mol. The smallest absolute Gasteiger partial charge is 0.0315 e. The minimum absolute atomic E-state index is 1.05. The Morgan fingerprint density at radius 3 is 1.50 bits per heavy atom. The van der Waals surface area contributed by atoms with Gasteiger partial charge in [-0.2, -0.15) is 0 Å². The lowest BCUT2D eigenvalue weighted by atomic mass is 10.5. The molecule has 0 atom stereocenters. The summed E-state index contributed by atoms with van der Waals surface area (Å²) in [6.45, 7) is 6.10. The maximum atomic E-state index is 3.04. The summed E-state index contributed by atoms with van der Waals surface area (Å²) in [5, 5.41) is 6.08. The van der Waals surface area contributed by atoms with E-state index in [-0.39, 0.29) is 0 Å². The molecule has 0 bridgehead atoms. The van der Waals surface area contributed by atoms with E-state index >= 15 is 0 Å². The minimum atomic E-state index is 1.05. The van der Waals surface area contributed by atoms with Crippen molar-refractivity contribution in [2.75, 3.05) is 13.1 Å². The molecule has 1 heterocycles. The number of rotatable bonds is 0. The van der Waals surface area contributed by atoms with Gasteiger partial charge in [0.15, 0.2) is 0 Å². The Labute approximate surface area is 51.0 Å². The SMILES string of the molecule is C1=CNCCN1.CC. The number of hydrogen-bond acceptors (Lipinski definition) is 2. The second-order valence-corrected chi connectivity index (χ2v) is 1.24. The van der Waals surface area contributed by atoms with Crippen molar-refractivity contribution >= 4 is 0 Å². The van der Waals surface area contributed by atoms with Crippen LogP contribution in [0.25, 0.3) is 0 Å². The van der Waals surface area contributed by atoms with Gasteiger partial charge in [0.25, 0.3) is 0 Å². The van der Waals surface area contributed by atoms with Gasteiger partial charge in [0.2, 0.25) is 0 Å². The first kappa shape index (κ1) is 7.34. The largest absolute Gasteiger partial charge is 0.388 e. The van der Waals surface area contributed by atoms with Crippen molar-refractivity contribution < 1.29 is 0 Å². The van der Waals surface area contributed by atoms with E-state index in [1.807, 2.05) is 26.2 Å². The van der Waals surface area contributed by atoms with Gasteiger partial charge in [-0.3, -0.25) is 0 Å². The first-order valence-corrected chi connectivity index (χ1v) is 3.12. The molecule has 0 saturated carbocycles. The summed E-state index contributed by atoms with van der Waals surface area (Å²) >= 11 is 0. The normalized spacial score (nSPS) is 14.8. The molecule has 0 spiro atoms. The van der Waals surface area contributed by atoms with Gasteiger partial charge in [-0.05, 0) is 0 Å². The average molecular weight is 114 g/mol. The molecule has 0 aromatic heterocycles. The molecule has 0 fully saturated rings. The lowest BCUT2D eigenvalue weighted by molar-refractivity contribution is 0.723. The fourth-order valence-electron chi connectivity index (χ4n) is 0.429. The molecule has 2 heteroatoms. The molecule has 8 heavy (non-hydrogen) atoms. The van der Waals surface area contributed by atoms with Crippen molar-refractivity contribution in [3.8, 4) is 0 Å². The molecule has 2 N–H and O–H groups in total. The lowest BCUT2D eigenvalue weighted by Gasteiger charge is -2.05. The molecule has 0 saturated heterocycles. The molecule has 0 radical (unpaired) electrons. The van der Waals surface area contributed by atoms with Crippen molar-refractivity contribution in [3.05, 3.63) is 12.4 Å².